The van der Waals surface area contributed by atoms with Crippen LogP contribution in [0.15, 0.2) is 5.11 Å². The Balaban J connectivity index is 2.00. The molecule has 0 spiro atoms. The van der Waals surface area contributed by atoms with Crippen LogP contribution >= 0.6 is 0 Å². The third-order valence-electron chi connectivity index (χ3n) is 7.00. The summed E-state index contributed by atoms with van der Waals surface area (Å²) in [6.45, 7) is 8.91. The van der Waals surface area contributed by atoms with Gasteiger partial charge in [-0.2, -0.15) is 0 Å². The van der Waals surface area contributed by atoms with Crippen LogP contribution in [0, 0.1) is 40.9 Å². The number of hydrogen-bond donors (Lipinski definition) is 2. The van der Waals surface area contributed by atoms with Crippen molar-refractivity contribution in [2.45, 2.75) is 90.8 Å². The second kappa shape index (κ2) is 9.32. The van der Waals surface area contributed by atoms with Gasteiger partial charge < -0.3 is 10.2 Å². The van der Waals surface area contributed by atoms with Crippen molar-refractivity contribution in [1.82, 2.24) is 0 Å². The first-order valence-corrected chi connectivity index (χ1v) is 10.6. The van der Waals surface area contributed by atoms with E-state index in [0.29, 0.717) is 30.7 Å². The van der Waals surface area contributed by atoms with Crippen LogP contribution in [0.1, 0.15) is 79.1 Å². The number of aliphatic hydroxyl groups excluding tert-OH is 1. The minimum Gasteiger partial charge on any atom is -0.393 e. The molecule has 0 saturated heterocycles. The first-order valence-electron chi connectivity index (χ1n) is 10.6. The number of azide groups is 1. The maximum absolute atomic E-state index is 10.8. The molecule has 2 rings (SSSR count). The molecular formula is C22H37N3O2. The Morgan fingerprint density at radius 3 is 2.78 bits per heavy atom. The second-order valence-electron chi connectivity index (χ2n) is 9.71. The molecule has 27 heavy (non-hydrogen) atoms. The van der Waals surface area contributed by atoms with Crippen molar-refractivity contribution >= 4 is 0 Å². The molecule has 5 heteroatoms. The summed E-state index contributed by atoms with van der Waals surface area (Å²) in [6.07, 6.45) is 7.50. The average molecular weight is 376 g/mol. The van der Waals surface area contributed by atoms with E-state index in [0.717, 1.165) is 38.5 Å². The van der Waals surface area contributed by atoms with Gasteiger partial charge in [-0.25, -0.2) is 0 Å². The summed E-state index contributed by atoms with van der Waals surface area (Å²) < 4.78 is 0. The Hall–Kier alpha value is -1.21. The van der Waals surface area contributed by atoms with Crippen molar-refractivity contribution in [2.24, 2.45) is 34.2 Å². The fourth-order valence-corrected chi connectivity index (χ4v) is 5.77. The molecule has 5 nitrogen and oxygen atoms in total. The van der Waals surface area contributed by atoms with Crippen LogP contribution < -0.4 is 0 Å². The number of fused-ring (bicyclic) bond motifs is 1. The van der Waals surface area contributed by atoms with E-state index in [1.165, 1.54) is 6.42 Å². The van der Waals surface area contributed by atoms with Crippen molar-refractivity contribution in [2.75, 3.05) is 6.54 Å². The Kier molecular flexibility index (Phi) is 7.63. The lowest BCUT2D eigenvalue weighted by atomic mass is 9.59. The quantitative estimate of drug-likeness (QED) is 0.214. The standard InChI is InChI=1S/C22H37N3O2/c1-16(8-7-12-21(2,3)27)18-10-11-19-20(26)14-17(15-22(18,19)4)9-5-6-13-24-25-23/h16-20,26-27H,6-8,10-15H2,1-4H3/t16-,17+,18-,19+,20+,22-/m1/s1. The van der Waals surface area contributed by atoms with E-state index in [4.69, 9.17) is 5.53 Å². The van der Waals surface area contributed by atoms with Gasteiger partial charge in [0.15, 0.2) is 0 Å². The number of hydrogen-bond acceptors (Lipinski definition) is 3. The van der Waals surface area contributed by atoms with Gasteiger partial charge in [0.2, 0.25) is 0 Å². The predicted molar refractivity (Wildman–Crippen MR) is 109 cm³/mol. The smallest absolute Gasteiger partial charge is 0.0591 e. The largest absolute Gasteiger partial charge is 0.393 e. The second-order valence-corrected chi connectivity index (χ2v) is 9.71. The van der Waals surface area contributed by atoms with E-state index < -0.39 is 5.60 Å². The molecule has 0 aromatic heterocycles. The Morgan fingerprint density at radius 2 is 2.11 bits per heavy atom. The summed E-state index contributed by atoms with van der Waals surface area (Å²) in [5, 5.41) is 24.3. The SMILES string of the molecule is C[C@H](CCCC(C)(C)O)[C@H]1CC[C@H]2[C@@H](O)C[C@H](C#CCCN=[N+]=[N-])C[C@]12C. The highest BCUT2D eigenvalue weighted by molar-refractivity contribution is 5.12. The summed E-state index contributed by atoms with van der Waals surface area (Å²) in [5.74, 6) is 8.34. The van der Waals surface area contributed by atoms with Gasteiger partial charge in [-0.15, -0.1) is 5.92 Å². The topological polar surface area (TPSA) is 89.2 Å². The molecule has 0 aliphatic heterocycles. The van der Waals surface area contributed by atoms with Crippen LogP contribution in [0.25, 0.3) is 10.4 Å². The summed E-state index contributed by atoms with van der Waals surface area (Å²) in [4.78, 5) is 2.76. The Bertz CT molecular complexity index is 597. The highest BCUT2D eigenvalue weighted by atomic mass is 16.3. The molecule has 6 atom stereocenters. The number of aliphatic hydroxyl groups is 2. The number of nitrogens with zero attached hydrogens (tertiary/aromatic N) is 3. The lowest BCUT2D eigenvalue weighted by molar-refractivity contribution is -0.0419. The zero-order chi connectivity index (χ0) is 20.1. The first kappa shape index (κ1) is 22.1. The third-order valence-corrected chi connectivity index (χ3v) is 7.00. The van der Waals surface area contributed by atoms with E-state index in [1.807, 2.05) is 13.8 Å². The number of rotatable bonds is 7. The van der Waals surface area contributed by atoms with Crippen molar-refractivity contribution in [3.63, 3.8) is 0 Å². The highest BCUT2D eigenvalue weighted by Gasteiger charge is 2.54. The summed E-state index contributed by atoms with van der Waals surface area (Å²) in [5.41, 5.74) is 7.90. The maximum Gasteiger partial charge on any atom is 0.0591 e. The monoisotopic (exact) mass is 375 g/mol. The van der Waals surface area contributed by atoms with Gasteiger partial charge in [-0.1, -0.05) is 37.7 Å². The lowest BCUT2D eigenvalue weighted by Gasteiger charge is -2.47. The molecule has 0 aromatic rings. The fourth-order valence-electron chi connectivity index (χ4n) is 5.77. The molecule has 152 valence electrons. The lowest BCUT2D eigenvalue weighted by Crippen LogP contribution is -2.44. The van der Waals surface area contributed by atoms with Crippen LogP contribution in [0.4, 0.5) is 0 Å². The first-order chi connectivity index (χ1) is 12.7. The van der Waals surface area contributed by atoms with E-state index in [2.05, 4.69) is 35.7 Å². The molecular weight excluding hydrogens is 338 g/mol. The minimum atomic E-state index is -0.584. The zero-order valence-electron chi connectivity index (χ0n) is 17.5. The molecule has 2 aliphatic rings. The third kappa shape index (κ3) is 5.88. The zero-order valence-corrected chi connectivity index (χ0v) is 17.5. The van der Waals surface area contributed by atoms with Gasteiger partial charge in [0, 0.05) is 23.8 Å². The molecule has 0 bridgehead atoms. The molecule has 2 aliphatic carbocycles. The summed E-state index contributed by atoms with van der Waals surface area (Å²) >= 11 is 0. The van der Waals surface area contributed by atoms with E-state index in [1.54, 1.807) is 0 Å². The van der Waals surface area contributed by atoms with Gasteiger partial charge in [0.25, 0.3) is 0 Å². The van der Waals surface area contributed by atoms with Crippen molar-refractivity contribution in [3.8, 4) is 11.8 Å². The van der Waals surface area contributed by atoms with Gasteiger partial charge in [-0.3, -0.25) is 0 Å². The summed E-state index contributed by atoms with van der Waals surface area (Å²) in [6, 6.07) is 0. The fraction of sp³-hybridized carbons (Fsp3) is 0.909. The van der Waals surface area contributed by atoms with Gasteiger partial charge in [0.1, 0.15) is 0 Å². The molecule has 0 aromatic carbocycles. The molecule has 2 saturated carbocycles. The molecule has 0 heterocycles. The summed E-state index contributed by atoms with van der Waals surface area (Å²) in [7, 11) is 0. The van der Waals surface area contributed by atoms with Crippen LogP contribution in [-0.4, -0.2) is 28.5 Å². The van der Waals surface area contributed by atoms with E-state index in [-0.39, 0.29) is 17.4 Å². The van der Waals surface area contributed by atoms with Gasteiger partial charge in [0.05, 0.1) is 11.7 Å². The normalized spacial score (nSPS) is 34.1. The average Bonchev–Trinajstić information content (AvgIpc) is 2.91. The highest BCUT2D eigenvalue weighted by Crippen LogP contribution is 2.59. The van der Waals surface area contributed by atoms with Crippen LogP contribution in [0.3, 0.4) is 0 Å². The van der Waals surface area contributed by atoms with Crippen molar-refractivity contribution < 1.29 is 10.2 Å². The molecule has 0 unspecified atom stereocenters. The van der Waals surface area contributed by atoms with Crippen molar-refractivity contribution in [1.29, 1.82) is 0 Å². The van der Waals surface area contributed by atoms with Crippen LogP contribution in [-0.2, 0) is 0 Å². The maximum atomic E-state index is 10.8. The molecule has 2 fully saturated rings. The minimum absolute atomic E-state index is 0.149. The van der Waals surface area contributed by atoms with Crippen LogP contribution in [0.2, 0.25) is 0 Å². The van der Waals surface area contributed by atoms with Gasteiger partial charge >= 0.3 is 0 Å². The van der Waals surface area contributed by atoms with Gasteiger partial charge in [-0.05, 0) is 74.7 Å². The van der Waals surface area contributed by atoms with E-state index >= 15 is 0 Å². The van der Waals surface area contributed by atoms with Crippen molar-refractivity contribution in [3.05, 3.63) is 10.4 Å². The molecule has 0 radical (unpaired) electrons. The van der Waals surface area contributed by atoms with Crippen LogP contribution in [0.5, 0.6) is 0 Å². The predicted octanol–water partition coefficient (Wildman–Crippen LogP) is 5.07. The van der Waals surface area contributed by atoms with E-state index in [9.17, 15) is 10.2 Å². The molecule has 2 N–H and O–H groups in total. The Morgan fingerprint density at radius 1 is 1.37 bits per heavy atom. The molecule has 0 amide bonds. The Labute approximate surface area is 164 Å².